The molecule has 30 heavy (non-hydrogen) atoms. The third-order valence-electron chi connectivity index (χ3n) is 6.32. The summed E-state index contributed by atoms with van der Waals surface area (Å²) in [7, 11) is 1.71. The maximum absolute atomic E-state index is 13.2. The average molecular weight is 425 g/mol. The van der Waals surface area contributed by atoms with Crippen LogP contribution in [0.5, 0.6) is 0 Å². The first-order chi connectivity index (χ1) is 14.3. The van der Waals surface area contributed by atoms with E-state index in [1.165, 1.54) is 12.1 Å². The molecule has 1 aliphatic carbocycles. The average Bonchev–Trinajstić information content (AvgIpc) is 2.70. The number of nitrogens with one attached hydrogen (secondary N) is 1. The van der Waals surface area contributed by atoms with Crippen LogP contribution in [0.1, 0.15) is 50.2 Å². The number of nitrogens with zero attached hydrogens (tertiary/aromatic N) is 2. The Morgan fingerprint density at radius 3 is 2.53 bits per heavy atom. The Hall–Kier alpha value is -2.25. The fourth-order valence-corrected chi connectivity index (χ4v) is 4.36. The van der Waals surface area contributed by atoms with Crippen LogP contribution < -0.4 is 5.32 Å². The molecule has 0 amide bonds. The summed E-state index contributed by atoms with van der Waals surface area (Å²) in [5, 5.41) is 3.39. The zero-order chi connectivity index (χ0) is 21.8. The van der Waals surface area contributed by atoms with Gasteiger partial charge in [-0.1, -0.05) is 24.6 Å². The van der Waals surface area contributed by atoms with Crippen molar-refractivity contribution >= 4 is 11.9 Å². The molecule has 1 N–H and O–H groups in total. The van der Waals surface area contributed by atoms with Crippen molar-refractivity contribution in [3.05, 3.63) is 35.4 Å². The smallest absolute Gasteiger partial charge is 0.416 e. The number of halogens is 3. The van der Waals surface area contributed by atoms with Gasteiger partial charge in [0.2, 0.25) is 0 Å². The molecule has 0 spiro atoms. The third kappa shape index (κ3) is 4.90. The van der Waals surface area contributed by atoms with Gasteiger partial charge in [-0.3, -0.25) is 9.79 Å². The minimum absolute atomic E-state index is 0.0811. The highest BCUT2D eigenvalue weighted by Gasteiger charge is 2.41. The molecule has 8 heteroatoms. The summed E-state index contributed by atoms with van der Waals surface area (Å²) in [5.74, 6) is 0.510. The van der Waals surface area contributed by atoms with Crippen LogP contribution in [-0.4, -0.2) is 50.1 Å². The third-order valence-corrected chi connectivity index (χ3v) is 6.32. The SMILES string of the molecule is CCOC(=O)C1CCN(C(=NC)NCC2(c3cccc(C(F)(F)F)c3)CCC2)CC1. The van der Waals surface area contributed by atoms with Gasteiger partial charge in [0, 0.05) is 32.1 Å². The number of carbonyl (C=O) groups excluding carboxylic acids is 1. The molecule has 2 aliphatic rings. The zero-order valence-corrected chi connectivity index (χ0v) is 17.6. The predicted octanol–water partition coefficient (Wildman–Crippen LogP) is 3.98. The lowest BCUT2D eigenvalue weighted by Gasteiger charge is -2.44. The fraction of sp³-hybridized carbons (Fsp3) is 0.636. The van der Waals surface area contributed by atoms with Crippen LogP contribution in [0.2, 0.25) is 0 Å². The molecule has 166 valence electrons. The second-order valence-electron chi connectivity index (χ2n) is 8.13. The number of aliphatic imine (C=N–C) groups is 1. The normalized spacial score (nSPS) is 19.9. The Morgan fingerprint density at radius 1 is 1.30 bits per heavy atom. The molecule has 1 saturated carbocycles. The van der Waals surface area contributed by atoms with Gasteiger partial charge in [-0.25, -0.2) is 0 Å². The second kappa shape index (κ2) is 9.27. The number of esters is 1. The molecule has 2 fully saturated rings. The number of piperidine rings is 1. The molecule has 1 aromatic rings. The number of benzene rings is 1. The van der Waals surface area contributed by atoms with Crippen molar-refractivity contribution in [2.45, 2.75) is 50.6 Å². The number of hydrogen-bond acceptors (Lipinski definition) is 3. The fourth-order valence-electron chi connectivity index (χ4n) is 4.36. The molecule has 0 bridgehead atoms. The van der Waals surface area contributed by atoms with Gasteiger partial charge in [0.15, 0.2) is 5.96 Å². The van der Waals surface area contributed by atoms with E-state index < -0.39 is 11.7 Å². The van der Waals surface area contributed by atoms with E-state index in [2.05, 4.69) is 15.2 Å². The second-order valence-corrected chi connectivity index (χ2v) is 8.13. The lowest BCUT2D eigenvalue weighted by molar-refractivity contribution is -0.149. The van der Waals surface area contributed by atoms with Gasteiger partial charge in [0.05, 0.1) is 18.1 Å². The van der Waals surface area contributed by atoms with E-state index in [-0.39, 0.29) is 17.3 Å². The largest absolute Gasteiger partial charge is 0.466 e. The van der Waals surface area contributed by atoms with Crippen LogP contribution in [-0.2, 0) is 21.1 Å². The quantitative estimate of drug-likeness (QED) is 0.441. The Kier molecular flexibility index (Phi) is 6.93. The summed E-state index contributed by atoms with van der Waals surface area (Å²) in [6.07, 6.45) is -0.224. The van der Waals surface area contributed by atoms with Crippen LogP contribution in [0.15, 0.2) is 29.3 Å². The molecule has 3 rings (SSSR count). The molecule has 1 heterocycles. The Bertz CT molecular complexity index is 767. The predicted molar refractivity (Wildman–Crippen MR) is 109 cm³/mol. The number of carbonyl (C=O) groups is 1. The van der Waals surface area contributed by atoms with Gasteiger partial charge < -0.3 is 15.0 Å². The minimum atomic E-state index is -4.34. The molecular formula is C22H30F3N3O2. The number of alkyl halides is 3. The Balaban J connectivity index is 1.62. The standard InChI is InChI=1S/C22H30F3N3O2/c1-3-30-19(29)16-8-12-28(13-9-16)20(26-2)27-15-21(10-5-11-21)17-6-4-7-18(14-17)22(23,24)25/h4,6-7,14,16H,3,5,8-13,15H2,1-2H3,(H,26,27). The highest BCUT2D eigenvalue weighted by Crippen LogP contribution is 2.44. The van der Waals surface area contributed by atoms with Crippen LogP contribution in [0, 0.1) is 5.92 Å². The van der Waals surface area contributed by atoms with Crippen LogP contribution in [0.25, 0.3) is 0 Å². The number of ether oxygens (including phenoxy) is 1. The van der Waals surface area contributed by atoms with Crippen LogP contribution in [0.3, 0.4) is 0 Å². The van der Waals surface area contributed by atoms with E-state index in [1.807, 2.05) is 0 Å². The van der Waals surface area contributed by atoms with E-state index >= 15 is 0 Å². The van der Waals surface area contributed by atoms with E-state index in [0.717, 1.165) is 36.9 Å². The van der Waals surface area contributed by atoms with Crippen molar-refractivity contribution < 1.29 is 22.7 Å². The highest BCUT2D eigenvalue weighted by atomic mass is 19.4. The number of rotatable bonds is 5. The summed E-state index contributed by atoms with van der Waals surface area (Å²) >= 11 is 0. The van der Waals surface area contributed by atoms with Gasteiger partial charge in [-0.15, -0.1) is 0 Å². The summed E-state index contributed by atoms with van der Waals surface area (Å²) in [5.41, 5.74) is -0.176. The summed E-state index contributed by atoms with van der Waals surface area (Å²) < 4.78 is 44.6. The van der Waals surface area contributed by atoms with Crippen molar-refractivity contribution in [3.63, 3.8) is 0 Å². The molecule has 5 nitrogen and oxygen atoms in total. The maximum atomic E-state index is 13.2. The topological polar surface area (TPSA) is 53.9 Å². The Labute approximate surface area is 175 Å². The molecule has 0 unspecified atom stereocenters. The van der Waals surface area contributed by atoms with Gasteiger partial charge in [-0.2, -0.15) is 13.2 Å². The number of likely N-dealkylation sites (tertiary alicyclic amines) is 1. The number of hydrogen-bond donors (Lipinski definition) is 1. The van der Waals surface area contributed by atoms with Gasteiger partial charge in [-0.05, 0) is 44.2 Å². The van der Waals surface area contributed by atoms with Crippen molar-refractivity contribution in [1.82, 2.24) is 10.2 Å². The van der Waals surface area contributed by atoms with Crippen molar-refractivity contribution in [3.8, 4) is 0 Å². The lowest BCUT2D eigenvalue weighted by atomic mass is 9.64. The van der Waals surface area contributed by atoms with E-state index in [0.29, 0.717) is 39.1 Å². The first-order valence-electron chi connectivity index (χ1n) is 10.6. The van der Waals surface area contributed by atoms with Gasteiger partial charge in [0.25, 0.3) is 0 Å². The van der Waals surface area contributed by atoms with Crippen LogP contribution in [0.4, 0.5) is 13.2 Å². The van der Waals surface area contributed by atoms with Crippen molar-refractivity contribution in [2.75, 3.05) is 33.3 Å². The molecule has 1 aromatic carbocycles. The van der Waals surface area contributed by atoms with E-state index in [4.69, 9.17) is 4.74 Å². The number of guanidine groups is 1. The van der Waals surface area contributed by atoms with E-state index in [9.17, 15) is 18.0 Å². The van der Waals surface area contributed by atoms with Gasteiger partial charge >= 0.3 is 12.1 Å². The Morgan fingerprint density at radius 2 is 2.00 bits per heavy atom. The summed E-state index contributed by atoms with van der Waals surface area (Å²) in [6, 6.07) is 5.70. The molecule has 0 radical (unpaired) electrons. The minimum Gasteiger partial charge on any atom is -0.466 e. The maximum Gasteiger partial charge on any atom is 0.416 e. The van der Waals surface area contributed by atoms with Crippen molar-refractivity contribution in [1.29, 1.82) is 0 Å². The summed E-state index contributed by atoms with van der Waals surface area (Å²) in [4.78, 5) is 18.4. The van der Waals surface area contributed by atoms with Crippen LogP contribution >= 0.6 is 0 Å². The summed E-state index contributed by atoms with van der Waals surface area (Å²) in [6.45, 7) is 4.12. The molecule has 1 aliphatic heterocycles. The monoisotopic (exact) mass is 425 g/mol. The molecule has 0 aromatic heterocycles. The molecule has 0 atom stereocenters. The first-order valence-corrected chi connectivity index (χ1v) is 10.6. The van der Waals surface area contributed by atoms with Gasteiger partial charge in [0.1, 0.15) is 0 Å². The van der Waals surface area contributed by atoms with Crippen molar-refractivity contribution in [2.24, 2.45) is 10.9 Å². The lowest BCUT2D eigenvalue weighted by Crippen LogP contribution is -2.52. The highest BCUT2D eigenvalue weighted by molar-refractivity contribution is 5.80. The first kappa shape index (κ1) is 22.4. The zero-order valence-electron chi connectivity index (χ0n) is 17.6. The van der Waals surface area contributed by atoms with E-state index in [1.54, 1.807) is 20.0 Å². The molecule has 1 saturated heterocycles. The molecular weight excluding hydrogens is 395 g/mol.